The molecule has 1 aromatic heterocycles. The number of carboxylic acid groups (broad SMARTS) is 1. The summed E-state index contributed by atoms with van der Waals surface area (Å²) < 4.78 is 10.2. The number of hydrogen-bond donors (Lipinski definition) is 2. The highest BCUT2D eigenvalue weighted by molar-refractivity contribution is 5.66. The van der Waals surface area contributed by atoms with E-state index in [1.165, 1.54) is 20.5 Å². The van der Waals surface area contributed by atoms with Gasteiger partial charge in [-0.1, -0.05) is 0 Å². The molecule has 1 aromatic rings. The molecular formula is C10H15N3O4. The second-order valence-corrected chi connectivity index (χ2v) is 3.19. The minimum absolute atomic E-state index is 0.0539. The first-order chi connectivity index (χ1) is 8.19. The second kappa shape index (κ2) is 6.64. The summed E-state index contributed by atoms with van der Waals surface area (Å²) in [5, 5.41) is 11.5. The number of rotatable bonds is 7. The Morgan fingerprint density at radius 3 is 2.41 bits per heavy atom. The van der Waals surface area contributed by atoms with Crippen LogP contribution in [0.15, 0.2) is 6.33 Å². The first-order valence-corrected chi connectivity index (χ1v) is 5.03. The molecule has 0 aliphatic carbocycles. The van der Waals surface area contributed by atoms with Crippen molar-refractivity contribution in [3.8, 4) is 11.8 Å². The molecule has 7 heteroatoms. The number of aromatic nitrogens is 2. The molecule has 1 rings (SSSR count). The van der Waals surface area contributed by atoms with Gasteiger partial charge >= 0.3 is 5.97 Å². The molecule has 0 aromatic carbocycles. The van der Waals surface area contributed by atoms with E-state index in [2.05, 4.69) is 15.3 Å². The van der Waals surface area contributed by atoms with Crippen LogP contribution in [-0.4, -0.2) is 41.8 Å². The number of carbonyl (C=O) groups is 1. The molecule has 0 unspecified atom stereocenters. The number of ether oxygens (including phenoxy) is 2. The van der Waals surface area contributed by atoms with Gasteiger partial charge in [0.05, 0.1) is 26.2 Å². The van der Waals surface area contributed by atoms with E-state index in [4.69, 9.17) is 14.6 Å². The maximum absolute atomic E-state index is 10.3. The van der Waals surface area contributed by atoms with E-state index < -0.39 is 5.97 Å². The summed E-state index contributed by atoms with van der Waals surface area (Å²) in [7, 11) is 3.01. The lowest BCUT2D eigenvalue weighted by Gasteiger charge is -2.10. The number of hydrogen-bond acceptors (Lipinski definition) is 6. The molecule has 2 N–H and O–H groups in total. The zero-order chi connectivity index (χ0) is 12.7. The van der Waals surface area contributed by atoms with E-state index in [-0.39, 0.29) is 6.42 Å². The van der Waals surface area contributed by atoms with E-state index in [1.54, 1.807) is 0 Å². The third-order valence-electron chi connectivity index (χ3n) is 2.07. The molecule has 0 fully saturated rings. The maximum Gasteiger partial charge on any atom is 0.304 e. The Labute approximate surface area is 98.8 Å². The lowest BCUT2D eigenvalue weighted by Crippen LogP contribution is -2.19. The Hall–Kier alpha value is -1.89. The van der Waals surface area contributed by atoms with Gasteiger partial charge in [0, 0.05) is 13.1 Å². The van der Waals surface area contributed by atoms with Crippen LogP contribution in [0.1, 0.15) is 12.0 Å². The van der Waals surface area contributed by atoms with Gasteiger partial charge in [0.2, 0.25) is 11.8 Å². The predicted octanol–water partition coefficient (Wildman–Crippen LogP) is 0.0581. The zero-order valence-corrected chi connectivity index (χ0v) is 9.77. The molecule has 0 aliphatic heterocycles. The van der Waals surface area contributed by atoms with E-state index in [9.17, 15) is 4.79 Å². The zero-order valence-electron chi connectivity index (χ0n) is 9.77. The minimum Gasteiger partial charge on any atom is -0.481 e. The lowest BCUT2D eigenvalue weighted by molar-refractivity contribution is -0.136. The monoisotopic (exact) mass is 241 g/mol. The van der Waals surface area contributed by atoms with Crippen LogP contribution < -0.4 is 14.8 Å². The largest absolute Gasteiger partial charge is 0.481 e. The molecule has 1 heterocycles. The maximum atomic E-state index is 10.3. The van der Waals surface area contributed by atoms with Crippen LogP contribution in [0.5, 0.6) is 11.8 Å². The average Bonchev–Trinajstić information content (AvgIpc) is 2.34. The summed E-state index contributed by atoms with van der Waals surface area (Å²) in [5.41, 5.74) is 0.669. The Bertz CT molecular complexity index is 362. The number of methoxy groups -OCH3 is 2. The molecule has 7 nitrogen and oxygen atoms in total. The first-order valence-electron chi connectivity index (χ1n) is 5.03. The second-order valence-electron chi connectivity index (χ2n) is 3.19. The van der Waals surface area contributed by atoms with Crippen molar-refractivity contribution in [2.45, 2.75) is 13.0 Å². The van der Waals surface area contributed by atoms with Gasteiger partial charge in [-0.25, -0.2) is 9.97 Å². The molecule has 0 aliphatic rings. The third kappa shape index (κ3) is 3.87. The highest BCUT2D eigenvalue weighted by Gasteiger charge is 2.12. The van der Waals surface area contributed by atoms with E-state index in [1.807, 2.05) is 0 Å². The number of carboxylic acids is 1. The van der Waals surface area contributed by atoms with Gasteiger partial charge in [-0.15, -0.1) is 0 Å². The van der Waals surface area contributed by atoms with Gasteiger partial charge in [0.15, 0.2) is 0 Å². The quantitative estimate of drug-likeness (QED) is 0.652. The summed E-state index contributed by atoms with van der Waals surface area (Å²) in [5.74, 6) is -0.0138. The molecule has 0 radical (unpaired) electrons. The predicted molar refractivity (Wildman–Crippen MR) is 59.1 cm³/mol. The fourth-order valence-electron chi connectivity index (χ4n) is 1.29. The fraction of sp³-hybridized carbons (Fsp3) is 0.500. The normalized spacial score (nSPS) is 10.0. The van der Waals surface area contributed by atoms with Crippen LogP contribution in [0.2, 0.25) is 0 Å². The number of nitrogens with one attached hydrogen (secondary N) is 1. The van der Waals surface area contributed by atoms with E-state index in [0.29, 0.717) is 30.4 Å². The van der Waals surface area contributed by atoms with Crippen LogP contribution in [0.25, 0.3) is 0 Å². The Balaban J connectivity index is 2.64. The fourth-order valence-corrected chi connectivity index (χ4v) is 1.29. The smallest absolute Gasteiger partial charge is 0.304 e. The summed E-state index contributed by atoms with van der Waals surface area (Å²) in [6.45, 7) is 0.747. The Morgan fingerprint density at radius 2 is 1.94 bits per heavy atom. The molecule has 17 heavy (non-hydrogen) atoms. The van der Waals surface area contributed by atoms with Crippen molar-refractivity contribution in [1.29, 1.82) is 0 Å². The van der Waals surface area contributed by atoms with Gasteiger partial charge in [-0.05, 0) is 0 Å². The van der Waals surface area contributed by atoms with Gasteiger partial charge in [0.25, 0.3) is 0 Å². The van der Waals surface area contributed by atoms with Crippen LogP contribution in [0.3, 0.4) is 0 Å². The first kappa shape index (κ1) is 13.2. The Kier molecular flexibility index (Phi) is 5.15. The van der Waals surface area contributed by atoms with Gasteiger partial charge in [0.1, 0.15) is 6.33 Å². The number of aliphatic carboxylic acids is 1. The molecule has 0 spiro atoms. The molecule has 0 saturated heterocycles. The highest BCUT2D eigenvalue weighted by atomic mass is 16.5. The number of nitrogens with zero attached hydrogens (tertiary/aromatic N) is 2. The standard InChI is InChI=1S/C10H15N3O4/c1-16-9-7(5-11-4-3-8(14)15)10(17-2)13-6-12-9/h6,11H,3-5H2,1-2H3,(H,14,15). The van der Waals surface area contributed by atoms with Crippen molar-refractivity contribution in [2.75, 3.05) is 20.8 Å². The topological polar surface area (TPSA) is 93.6 Å². The highest BCUT2D eigenvalue weighted by Crippen LogP contribution is 2.22. The molecule has 94 valence electrons. The summed E-state index contributed by atoms with van der Waals surface area (Å²) in [6.07, 6.45) is 1.40. The molecule has 0 atom stereocenters. The van der Waals surface area contributed by atoms with E-state index >= 15 is 0 Å². The van der Waals surface area contributed by atoms with Crippen LogP contribution in [0.4, 0.5) is 0 Å². The van der Waals surface area contributed by atoms with Crippen molar-refractivity contribution in [3.63, 3.8) is 0 Å². The van der Waals surface area contributed by atoms with Crippen LogP contribution >= 0.6 is 0 Å². The molecular weight excluding hydrogens is 226 g/mol. The summed E-state index contributed by atoms with van der Waals surface area (Å²) in [6, 6.07) is 0. The van der Waals surface area contributed by atoms with Gasteiger partial charge in [-0.2, -0.15) is 0 Å². The van der Waals surface area contributed by atoms with Gasteiger partial charge in [-0.3, -0.25) is 4.79 Å². The van der Waals surface area contributed by atoms with Crippen LogP contribution in [0, 0.1) is 0 Å². The van der Waals surface area contributed by atoms with Crippen molar-refractivity contribution >= 4 is 5.97 Å². The third-order valence-corrected chi connectivity index (χ3v) is 2.07. The SMILES string of the molecule is COc1ncnc(OC)c1CNCCC(=O)O. The molecule has 0 saturated carbocycles. The summed E-state index contributed by atoms with van der Waals surface area (Å²) >= 11 is 0. The average molecular weight is 241 g/mol. The minimum atomic E-state index is -0.847. The molecule has 0 bridgehead atoms. The molecule has 0 amide bonds. The van der Waals surface area contributed by atoms with Gasteiger partial charge < -0.3 is 19.9 Å². The van der Waals surface area contributed by atoms with Crippen molar-refractivity contribution in [1.82, 2.24) is 15.3 Å². The van der Waals surface area contributed by atoms with Crippen LogP contribution in [-0.2, 0) is 11.3 Å². The van der Waals surface area contributed by atoms with E-state index in [0.717, 1.165) is 0 Å². The van der Waals surface area contributed by atoms with Crippen molar-refractivity contribution in [3.05, 3.63) is 11.9 Å². The lowest BCUT2D eigenvalue weighted by atomic mass is 10.3. The summed E-state index contributed by atoms with van der Waals surface area (Å²) in [4.78, 5) is 18.2. The Morgan fingerprint density at radius 1 is 1.35 bits per heavy atom. The van der Waals surface area contributed by atoms with Crippen molar-refractivity contribution < 1.29 is 19.4 Å². The van der Waals surface area contributed by atoms with Crippen molar-refractivity contribution in [2.24, 2.45) is 0 Å².